The fourth-order valence-electron chi connectivity index (χ4n) is 3.00. The molecule has 0 saturated carbocycles. The number of rotatable bonds is 7. The Balaban J connectivity index is 0.00000338. The molecule has 1 fully saturated rings. The number of halogens is 2. The summed E-state index contributed by atoms with van der Waals surface area (Å²) < 4.78 is 42.2. The van der Waals surface area contributed by atoms with Crippen molar-refractivity contribution in [2.45, 2.75) is 50.0 Å². The van der Waals surface area contributed by atoms with E-state index in [1.165, 1.54) is 12.1 Å². The second kappa shape index (κ2) is 9.12. The highest BCUT2D eigenvalue weighted by atomic mass is 35.5. The van der Waals surface area contributed by atoms with Gasteiger partial charge >= 0.3 is 0 Å². The lowest BCUT2D eigenvalue weighted by Crippen LogP contribution is -2.52. The summed E-state index contributed by atoms with van der Waals surface area (Å²) >= 11 is 0. The molecule has 1 heterocycles. The summed E-state index contributed by atoms with van der Waals surface area (Å²) in [5, 5.41) is 0. The molecule has 1 aliphatic rings. The first kappa shape index (κ1) is 22.8. The Kier molecular flexibility index (Phi) is 8.01. The second-order valence-electron chi connectivity index (χ2n) is 6.44. The van der Waals surface area contributed by atoms with E-state index < -0.39 is 27.3 Å². The maximum absolute atomic E-state index is 14.4. The van der Waals surface area contributed by atoms with Crippen LogP contribution in [0.25, 0.3) is 0 Å². The van der Waals surface area contributed by atoms with Crippen LogP contribution in [0, 0.1) is 5.82 Å². The fraction of sp³-hybridized carbons (Fsp3) is 0.588. The van der Waals surface area contributed by atoms with E-state index >= 15 is 0 Å². The van der Waals surface area contributed by atoms with Gasteiger partial charge in [-0.15, -0.1) is 12.4 Å². The monoisotopic (exact) mass is 407 g/mol. The third-order valence-corrected chi connectivity index (χ3v) is 6.55. The summed E-state index contributed by atoms with van der Waals surface area (Å²) in [7, 11) is -3.93. The van der Waals surface area contributed by atoms with Crippen molar-refractivity contribution in [3.8, 4) is 0 Å². The van der Waals surface area contributed by atoms with Gasteiger partial charge in [-0.25, -0.2) is 17.5 Å². The number of hydrogen-bond donors (Lipinski definition) is 2. The molecule has 0 unspecified atom stereocenters. The van der Waals surface area contributed by atoms with Gasteiger partial charge in [-0.05, 0) is 43.9 Å². The molecule has 0 spiro atoms. The maximum atomic E-state index is 14.4. The Bertz CT molecular complexity index is 725. The van der Waals surface area contributed by atoms with E-state index in [0.717, 1.165) is 18.9 Å². The largest absolute Gasteiger partial charge is 0.339 e. The molecule has 1 aliphatic heterocycles. The Labute approximate surface area is 160 Å². The van der Waals surface area contributed by atoms with Crippen LogP contribution in [0.5, 0.6) is 0 Å². The van der Waals surface area contributed by atoms with Crippen LogP contribution in [-0.4, -0.2) is 44.4 Å². The molecule has 148 valence electrons. The lowest BCUT2D eigenvalue weighted by molar-refractivity contribution is 0.0788. The van der Waals surface area contributed by atoms with Crippen LogP contribution in [0.4, 0.5) is 4.39 Å². The Morgan fingerprint density at radius 3 is 2.31 bits per heavy atom. The summed E-state index contributed by atoms with van der Waals surface area (Å²) in [6.07, 6.45) is 2.85. The summed E-state index contributed by atoms with van der Waals surface area (Å²) in [5.41, 5.74) is 4.86. The predicted octanol–water partition coefficient (Wildman–Crippen LogP) is 2.28. The van der Waals surface area contributed by atoms with Crippen molar-refractivity contribution >= 4 is 28.3 Å². The van der Waals surface area contributed by atoms with Crippen LogP contribution in [-0.2, 0) is 10.0 Å². The maximum Gasteiger partial charge on any atom is 0.256 e. The molecule has 6 nitrogen and oxygen atoms in total. The molecule has 0 aliphatic carbocycles. The number of nitrogens with zero attached hydrogens (tertiary/aromatic N) is 1. The lowest BCUT2D eigenvalue weighted by Gasteiger charge is -2.31. The summed E-state index contributed by atoms with van der Waals surface area (Å²) in [6, 6.07) is 3.41. The average Bonchev–Trinajstić information content (AvgIpc) is 3.14. The van der Waals surface area contributed by atoms with E-state index in [1.54, 1.807) is 4.90 Å². The first-order valence-corrected chi connectivity index (χ1v) is 10.1. The Morgan fingerprint density at radius 2 is 1.85 bits per heavy atom. The number of benzene rings is 1. The van der Waals surface area contributed by atoms with Crippen molar-refractivity contribution in [3.05, 3.63) is 29.6 Å². The molecular formula is C17H27ClFN3O3S. The molecule has 2 rings (SSSR count). The van der Waals surface area contributed by atoms with E-state index in [9.17, 15) is 17.6 Å². The summed E-state index contributed by atoms with van der Waals surface area (Å²) in [6.45, 7) is 5.04. The average molecular weight is 408 g/mol. The Hall–Kier alpha value is -1.22. The molecule has 9 heteroatoms. The topological polar surface area (TPSA) is 92.5 Å². The molecule has 1 saturated heterocycles. The van der Waals surface area contributed by atoms with Crippen LogP contribution in [0.2, 0.25) is 0 Å². The molecule has 1 aromatic carbocycles. The minimum atomic E-state index is -3.93. The van der Waals surface area contributed by atoms with Gasteiger partial charge < -0.3 is 10.6 Å². The number of sulfonamides is 1. The van der Waals surface area contributed by atoms with Gasteiger partial charge in [0.15, 0.2) is 0 Å². The van der Waals surface area contributed by atoms with Gasteiger partial charge in [-0.3, -0.25) is 4.79 Å². The normalized spacial score (nSPS) is 15.0. The number of hydrogen-bond acceptors (Lipinski definition) is 4. The van der Waals surface area contributed by atoms with Crippen molar-refractivity contribution < 1.29 is 17.6 Å². The standard InChI is InChI=1S/C17H26FN3O3S.ClH/c1-3-17(4-2,12-19)20-25(23,24)13-7-8-14(15(18)11-13)16(22)21-9-5-6-10-21;/h7-8,11,20H,3-6,9-10,12,19H2,1-2H3;1H. The minimum Gasteiger partial charge on any atom is -0.339 e. The zero-order chi connectivity index (χ0) is 18.7. The first-order valence-electron chi connectivity index (χ1n) is 8.61. The first-order chi connectivity index (χ1) is 11.8. The number of amides is 1. The van der Waals surface area contributed by atoms with Gasteiger partial charge in [-0.2, -0.15) is 0 Å². The van der Waals surface area contributed by atoms with Gasteiger partial charge in [0.1, 0.15) is 5.82 Å². The number of nitrogens with one attached hydrogen (secondary N) is 1. The van der Waals surface area contributed by atoms with Crippen LogP contribution in [0.1, 0.15) is 49.9 Å². The molecular weight excluding hydrogens is 381 g/mol. The number of nitrogens with two attached hydrogens (primary N) is 1. The highest BCUT2D eigenvalue weighted by Crippen LogP contribution is 2.22. The highest BCUT2D eigenvalue weighted by Gasteiger charge is 2.31. The molecule has 1 amide bonds. The smallest absolute Gasteiger partial charge is 0.256 e. The van der Waals surface area contributed by atoms with Crippen molar-refractivity contribution in [2.75, 3.05) is 19.6 Å². The molecule has 0 atom stereocenters. The summed E-state index contributed by atoms with van der Waals surface area (Å²) in [5.74, 6) is -1.23. The summed E-state index contributed by atoms with van der Waals surface area (Å²) in [4.78, 5) is 13.7. The van der Waals surface area contributed by atoms with Crippen molar-refractivity contribution in [2.24, 2.45) is 5.73 Å². The number of likely N-dealkylation sites (tertiary alicyclic amines) is 1. The van der Waals surface area contributed by atoms with Gasteiger partial charge in [0, 0.05) is 25.2 Å². The fourth-order valence-corrected chi connectivity index (χ4v) is 4.56. The molecule has 0 aromatic heterocycles. The van der Waals surface area contributed by atoms with Crippen LogP contribution >= 0.6 is 12.4 Å². The zero-order valence-electron chi connectivity index (χ0n) is 15.1. The van der Waals surface area contributed by atoms with Crippen LogP contribution in [0.3, 0.4) is 0 Å². The third-order valence-electron chi connectivity index (χ3n) is 4.97. The van der Waals surface area contributed by atoms with E-state index in [-0.39, 0.29) is 29.4 Å². The van der Waals surface area contributed by atoms with Crippen LogP contribution in [0.15, 0.2) is 23.1 Å². The number of carbonyl (C=O) groups excluding carboxylic acids is 1. The van der Waals surface area contributed by atoms with Crippen molar-refractivity contribution in [1.82, 2.24) is 9.62 Å². The van der Waals surface area contributed by atoms with E-state index in [4.69, 9.17) is 5.73 Å². The molecule has 0 radical (unpaired) electrons. The third kappa shape index (κ3) is 4.73. The second-order valence-corrected chi connectivity index (χ2v) is 8.12. The van der Waals surface area contributed by atoms with Crippen molar-refractivity contribution in [1.29, 1.82) is 0 Å². The predicted molar refractivity (Wildman–Crippen MR) is 101 cm³/mol. The van der Waals surface area contributed by atoms with E-state index in [2.05, 4.69) is 4.72 Å². The molecule has 3 N–H and O–H groups in total. The van der Waals surface area contributed by atoms with Gasteiger partial charge in [-0.1, -0.05) is 13.8 Å². The highest BCUT2D eigenvalue weighted by molar-refractivity contribution is 7.89. The zero-order valence-corrected chi connectivity index (χ0v) is 16.8. The molecule has 0 bridgehead atoms. The SMILES string of the molecule is CCC(CC)(CN)NS(=O)(=O)c1ccc(C(=O)N2CCCC2)c(F)c1.Cl. The Morgan fingerprint density at radius 1 is 1.27 bits per heavy atom. The van der Waals surface area contributed by atoms with Crippen LogP contribution < -0.4 is 10.5 Å². The van der Waals surface area contributed by atoms with Gasteiger partial charge in [0.25, 0.3) is 5.91 Å². The minimum absolute atomic E-state index is 0. The van der Waals surface area contributed by atoms with Crippen molar-refractivity contribution in [3.63, 3.8) is 0 Å². The quantitative estimate of drug-likeness (QED) is 0.725. The van der Waals surface area contributed by atoms with Gasteiger partial charge in [0.05, 0.1) is 10.5 Å². The number of carbonyl (C=O) groups is 1. The lowest BCUT2D eigenvalue weighted by atomic mass is 9.95. The molecule has 26 heavy (non-hydrogen) atoms. The molecule has 1 aromatic rings. The van der Waals surface area contributed by atoms with Gasteiger partial charge in [0.2, 0.25) is 10.0 Å². The van der Waals surface area contributed by atoms with E-state index in [1.807, 2.05) is 13.8 Å². The van der Waals surface area contributed by atoms with E-state index in [0.29, 0.717) is 25.9 Å².